The van der Waals surface area contributed by atoms with Crippen LogP contribution >= 0.6 is 11.3 Å². The number of rotatable bonds is 6. The van der Waals surface area contributed by atoms with Crippen LogP contribution < -0.4 is 5.32 Å². The third-order valence-electron chi connectivity index (χ3n) is 5.44. The molecule has 3 aromatic heterocycles. The number of hydrogen-bond donors (Lipinski definition) is 1. The van der Waals surface area contributed by atoms with Crippen molar-refractivity contribution in [3.63, 3.8) is 0 Å². The van der Waals surface area contributed by atoms with Gasteiger partial charge in [0, 0.05) is 18.0 Å². The van der Waals surface area contributed by atoms with Crippen LogP contribution in [0.4, 0.5) is 0 Å². The van der Waals surface area contributed by atoms with Crippen molar-refractivity contribution in [3.8, 4) is 0 Å². The lowest BCUT2D eigenvalue weighted by atomic mass is 9.89. The predicted molar refractivity (Wildman–Crippen MR) is 107 cm³/mol. The second-order valence-corrected chi connectivity index (χ2v) is 8.35. The molecule has 144 valence electrons. The van der Waals surface area contributed by atoms with Gasteiger partial charge >= 0.3 is 0 Å². The SMILES string of the molecule is CCN(CC)CCNC(=O)c1nc2c3c4c(sc3ncn2n1)CC[C@H](C)C4. The van der Waals surface area contributed by atoms with Gasteiger partial charge in [-0.3, -0.25) is 4.79 Å². The Morgan fingerprint density at radius 3 is 3.00 bits per heavy atom. The molecule has 1 N–H and O–H groups in total. The van der Waals surface area contributed by atoms with Crippen molar-refractivity contribution in [1.29, 1.82) is 0 Å². The van der Waals surface area contributed by atoms with Crippen molar-refractivity contribution in [2.45, 2.75) is 40.0 Å². The second kappa shape index (κ2) is 7.52. The molecule has 0 saturated carbocycles. The average Bonchev–Trinajstić information content (AvgIpc) is 3.25. The van der Waals surface area contributed by atoms with E-state index in [0.717, 1.165) is 48.3 Å². The molecule has 0 unspecified atom stereocenters. The number of nitrogens with zero attached hydrogens (tertiary/aromatic N) is 5. The Morgan fingerprint density at radius 1 is 1.41 bits per heavy atom. The fraction of sp³-hybridized carbons (Fsp3) is 0.579. The van der Waals surface area contributed by atoms with Gasteiger partial charge in [-0.25, -0.2) is 14.5 Å². The van der Waals surface area contributed by atoms with Crippen molar-refractivity contribution in [2.75, 3.05) is 26.2 Å². The molecule has 0 aliphatic heterocycles. The molecule has 4 rings (SSSR count). The zero-order chi connectivity index (χ0) is 19.0. The fourth-order valence-electron chi connectivity index (χ4n) is 3.79. The smallest absolute Gasteiger partial charge is 0.291 e. The van der Waals surface area contributed by atoms with Crippen LogP contribution in [-0.2, 0) is 12.8 Å². The molecular formula is C19H26N6OS. The van der Waals surface area contributed by atoms with E-state index >= 15 is 0 Å². The highest BCUT2D eigenvalue weighted by atomic mass is 32.1. The van der Waals surface area contributed by atoms with Crippen molar-refractivity contribution >= 4 is 33.1 Å². The number of fused-ring (bicyclic) bond motifs is 5. The molecule has 0 saturated heterocycles. The maximum Gasteiger partial charge on any atom is 0.291 e. The van der Waals surface area contributed by atoms with Crippen LogP contribution in [0.2, 0.25) is 0 Å². The fourth-order valence-corrected chi connectivity index (χ4v) is 4.97. The summed E-state index contributed by atoms with van der Waals surface area (Å²) in [5.74, 6) is 0.658. The molecule has 1 aliphatic rings. The molecule has 3 aromatic rings. The summed E-state index contributed by atoms with van der Waals surface area (Å²) in [6.07, 6.45) is 5.05. The number of aryl methyl sites for hydroxylation is 1. The number of hydrogen-bond acceptors (Lipinski definition) is 6. The van der Waals surface area contributed by atoms with E-state index in [9.17, 15) is 4.79 Å². The first-order valence-electron chi connectivity index (χ1n) is 9.76. The molecule has 0 spiro atoms. The summed E-state index contributed by atoms with van der Waals surface area (Å²) in [5, 5.41) is 8.39. The maximum atomic E-state index is 12.5. The molecule has 27 heavy (non-hydrogen) atoms. The number of carbonyl (C=O) groups excluding carboxylic acids is 1. The van der Waals surface area contributed by atoms with Gasteiger partial charge in [-0.2, -0.15) is 0 Å². The minimum atomic E-state index is -0.225. The molecule has 0 aromatic carbocycles. The molecule has 1 amide bonds. The highest BCUT2D eigenvalue weighted by Gasteiger charge is 2.24. The summed E-state index contributed by atoms with van der Waals surface area (Å²) in [7, 11) is 0. The van der Waals surface area contributed by atoms with Gasteiger partial charge in [0.05, 0.1) is 5.39 Å². The number of likely N-dealkylation sites (N-methyl/N-ethyl adjacent to an activating group) is 1. The third kappa shape index (κ3) is 3.43. The van der Waals surface area contributed by atoms with Crippen LogP contribution in [-0.4, -0.2) is 56.6 Å². The standard InChI is InChI=1S/C19H26N6OS/c1-4-24(5-2)9-8-20-18(26)16-22-17-15-13-10-12(3)6-7-14(13)27-19(15)21-11-25(17)23-16/h11-12H,4-10H2,1-3H3,(H,20,26)/t12-/m0/s1. The normalized spacial score (nSPS) is 17.0. The first-order valence-corrected chi connectivity index (χ1v) is 10.6. The molecule has 0 radical (unpaired) electrons. The quantitative estimate of drug-likeness (QED) is 0.705. The number of amides is 1. The van der Waals surface area contributed by atoms with Crippen molar-refractivity contribution in [3.05, 3.63) is 22.6 Å². The van der Waals surface area contributed by atoms with E-state index in [-0.39, 0.29) is 11.7 Å². The van der Waals surface area contributed by atoms with E-state index in [1.54, 1.807) is 22.2 Å². The minimum Gasteiger partial charge on any atom is -0.348 e. The topological polar surface area (TPSA) is 75.4 Å². The Hall–Kier alpha value is -2.06. The summed E-state index contributed by atoms with van der Waals surface area (Å²) < 4.78 is 1.65. The largest absolute Gasteiger partial charge is 0.348 e. The second-order valence-electron chi connectivity index (χ2n) is 7.26. The monoisotopic (exact) mass is 386 g/mol. The van der Waals surface area contributed by atoms with Crippen molar-refractivity contribution in [2.24, 2.45) is 5.92 Å². The van der Waals surface area contributed by atoms with Crippen molar-refractivity contribution in [1.82, 2.24) is 29.8 Å². The lowest BCUT2D eigenvalue weighted by Crippen LogP contribution is -2.35. The predicted octanol–water partition coefficient (Wildman–Crippen LogP) is 2.54. The summed E-state index contributed by atoms with van der Waals surface area (Å²) in [6.45, 7) is 9.90. The van der Waals surface area contributed by atoms with E-state index < -0.39 is 0 Å². The Balaban J connectivity index is 1.61. The number of aromatic nitrogens is 4. The Kier molecular flexibility index (Phi) is 5.10. The van der Waals surface area contributed by atoms with E-state index in [1.165, 1.54) is 16.9 Å². The highest BCUT2D eigenvalue weighted by Crippen LogP contribution is 2.38. The molecule has 0 bridgehead atoms. The first-order chi connectivity index (χ1) is 13.1. The van der Waals surface area contributed by atoms with E-state index in [2.05, 4.69) is 46.1 Å². The van der Waals surface area contributed by atoms with Crippen molar-refractivity contribution < 1.29 is 4.79 Å². The lowest BCUT2D eigenvalue weighted by molar-refractivity contribution is 0.0939. The Labute approximate surface area is 162 Å². The molecule has 1 atom stereocenters. The van der Waals surface area contributed by atoms with Crippen LogP contribution in [0, 0.1) is 5.92 Å². The maximum absolute atomic E-state index is 12.5. The molecule has 7 nitrogen and oxygen atoms in total. The van der Waals surface area contributed by atoms with E-state index in [1.807, 2.05) is 0 Å². The van der Waals surface area contributed by atoms with E-state index in [0.29, 0.717) is 12.5 Å². The molecule has 3 heterocycles. The van der Waals surface area contributed by atoms with Gasteiger partial charge in [0.25, 0.3) is 5.91 Å². The summed E-state index contributed by atoms with van der Waals surface area (Å²) >= 11 is 1.76. The lowest BCUT2D eigenvalue weighted by Gasteiger charge is -2.17. The van der Waals surface area contributed by atoms with E-state index in [4.69, 9.17) is 0 Å². The molecule has 8 heteroatoms. The summed E-state index contributed by atoms with van der Waals surface area (Å²) in [4.78, 5) is 26.3. The Morgan fingerprint density at radius 2 is 2.22 bits per heavy atom. The van der Waals surface area contributed by atoms with Crippen LogP contribution in [0.15, 0.2) is 6.33 Å². The number of thiophene rings is 1. The molecule has 1 aliphatic carbocycles. The van der Waals surface area contributed by atoms with Gasteiger partial charge in [-0.15, -0.1) is 16.4 Å². The van der Waals surface area contributed by atoms with Gasteiger partial charge in [-0.05, 0) is 43.8 Å². The van der Waals surface area contributed by atoms with Crippen LogP contribution in [0.1, 0.15) is 48.3 Å². The van der Waals surface area contributed by atoms with Gasteiger partial charge in [0.15, 0.2) is 5.65 Å². The van der Waals surface area contributed by atoms with Crippen LogP contribution in [0.3, 0.4) is 0 Å². The zero-order valence-electron chi connectivity index (χ0n) is 16.2. The number of carbonyl (C=O) groups is 1. The molecular weight excluding hydrogens is 360 g/mol. The summed E-state index contributed by atoms with van der Waals surface area (Å²) in [5.41, 5.74) is 2.10. The first kappa shape index (κ1) is 18.3. The van der Waals surface area contributed by atoms with Gasteiger partial charge in [0.2, 0.25) is 5.82 Å². The Bertz CT molecular complexity index is 974. The van der Waals surface area contributed by atoms with Gasteiger partial charge in [-0.1, -0.05) is 20.8 Å². The van der Waals surface area contributed by atoms with Gasteiger partial charge in [0.1, 0.15) is 11.2 Å². The minimum absolute atomic E-state index is 0.215. The number of nitrogens with one attached hydrogen (secondary N) is 1. The third-order valence-corrected chi connectivity index (χ3v) is 6.64. The van der Waals surface area contributed by atoms with Crippen LogP contribution in [0.25, 0.3) is 15.9 Å². The zero-order valence-corrected chi connectivity index (χ0v) is 17.0. The van der Waals surface area contributed by atoms with Gasteiger partial charge < -0.3 is 10.2 Å². The summed E-state index contributed by atoms with van der Waals surface area (Å²) in [6, 6.07) is 0. The molecule has 0 fully saturated rings. The average molecular weight is 387 g/mol. The van der Waals surface area contributed by atoms with Crippen LogP contribution in [0.5, 0.6) is 0 Å². The highest BCUT2D eigenvalue weighted by molar-refractivity contribution is 7.19.